The fraction of sp³-hybridized carbons (Fsp3) is 0.0435. The summed E-state index contributed by atoms with van der Waals surface area (Å²) < 4.78 is 6.39. The van der Waals surface area contributed by atoms with E-state index in [0.717, 1.165) is 5.56 Å². The van der Waals surface area contributed by atoms with Crippen molar-refractivity contribution in [3.05, 3.63) is 94.8 Å². The van der Waals surface area contributed by atoms with Crippen LogP contribution in [0.1, 0.15) is 12.5 Å². The van der Waals surface area contributed by atoms with Crippen molar-refractivity contribution in [2.24, 2.45) is 5.10 Å². The Bertz CT molecular complexity index is 1280. The van der Waals surface area contributed by atoms with Gasteiger partial charge in [0, 0.05) is 12.5 Å². The van der Waals surface area contributed by atoms with E-state index in [4.69, 9.17) is 4.74 Å². The summed E-state index contributed by atoms with van der Waals surface area (Å²) >= 11 is 0. The van der Waals surface area contributed by atoms with Crippen LogP contribution in [0.25, 0.3) is 22.3 Å². The number of hydrogen-bond acceptors (Lipinski definition) is 5. The van der Waals surface area contributed by atoms with Gasteiger partial charge in [0.25, 0.3) is 5.56 Å². The number of carbonyl (C=O) groups is 1. The molecule has 6 heteroatoms. The number of aromatic nitrogens is 2. The van der Waals surface area contributed by atoms with Gasteiger partial charge in [-0.15, -0.1) is 0 Å². The lowest BCUT2D eigenvalue weighted by molar-refractivity contribution is -0.131. The van der Waals surface area contributed by atoms with Crippen LogP contribution < -0.4 is 10.3 Å². The first-order valence-electron chi connectivity index (χ1n) is 9.02. The van der Waals surface area contributed by atoms with Crippen LogP contribution in [0.4, 0.5) is 0 Å². The van der Waals surface area contributed by atoms with Crippen molar-refractivity contribution in [2.75, 3.05) is 0 Å². The Morgan fingerprint density at radius 1 is 1.00 bits per heavy atom. The Hall–Kier alpha value is -4.06. The fourth-order valence-electron chi connectivity index (χ4n) is 2.95. The van der Waals surface area contributed by atoms with Crippen LogP contribution in [-0.2, 0) is 4.79 Å². The minimum Gasteiger partial charge on any atom is -0.427 e. The number of carbonyl (C=O) groups excluding carboxylic acids is 1. The largest absolute Gasteiger partial charge is 0.427 e. The molecule has 142 valence electrons. The summed E-state index contributed by atoms with van der Waals surface area (Å²) in [4.78, 5) is 28.9. The monoisotopic (exact) mass is 383 g/mol. The van der Waals surface area contributed by atoms with Crippen LogP contribution in [0, 0.1) is 0 Å². The van der Waals surface area contributed by atoms with E-state index in [1.54, 1.807) is 42.5 Å². The lowest BCUT2D eigenvalue weighted by Crippen LogP contribution is -2.20. The summed E-state index contributed by atoms with van der Waals surface area (Å²) in [5, 5.41) is 4.88. The van der Waals surface area contributed by atoms with Crippen LogP contribution in [-0.4, -0.2) is 21.8 Å². The normalized spacial score (nSPS) is 11.1. The van der Waals surface area contributed by atoms with Crippen molar-refractivity contribution in [3.8, 4) is 17.1 Å². The summed E-state index contributed by atoms with van der Waals surface area (Å²) in [7, 11) is 0. The average Bonchev–Trinajstić information content (AvgIpc) is 2.73. The lowest BCUT2D eigenvalue weighted by Gasteiger charge is -2.09. The topological polar surface area (TPSA) is 73.5 Å². The number of para-hydroxylation sites is 1. The number of benzene rings is 3. The second-order valence-corrected chi connectivity index (χ2v) is 6.35. The predicted molar refractivity (Wildman–Crippen MR) is 112 cm³/mol. The van der Waals surface area contributed by atoms with Gasteiger partial charge < -0.3 is 4.74 Å². The molecule has 0 bridgehead atoms. The Labute approximate surface area is 166 Å². The average molecular weight is 383 g/mol. The Morgan fingerprint density at radius 2 is 1.76 bits per heavy atom. The van der Waals surface area contributed by atoms with E-state index in [1.807, 2.05) is 36.4 Å². The minimum atomic E-state index is -0.402. The van der Waals surface area contributed by atoms with Crippen LogP contribution in [0.3, 0.4) is 0 Å². The molecule has 0 fully saturated rings. The van der Waals surface area contributed by atoms with E-state index in [2.05, 4.69) is 10.1 Å². The van der Waals surface area contributed by atoms with Gasteiger partial charge in [-0.1, -0.05) is 54.6 Å². The molecule has 6 nitrogen and oxygen atoms in total. The molecule has 0 radical (unpaired) electrons. The van der Waals surface area contributed by atoms with E-state index in [1.165, 1.54) is 17.8 Å². The molecule has 29 heavy (non-hydrogen) atoms. The highest BCUT2D eigenvalue weighted by atomic mass is 16.5. The molecular formula is C23H17N3O3. The minimum absolute atomic E-state index is 0.262. The summed E-state index contributed by atoms with van der Waals surface area (Å²) in [6.07, 6.45) is 1.54. The quantitative estimate of drug-likeness (QED) is 0.305. The molecule has 0 unspecified atom stereocenters. The van der Waals surface area contributed by atoms with Crippen molar-refractivity contribution in [3.63, 3.8) is 0 Å². The highest BCUT2D eigenvalue weighted by molar-refractivity contribution is 5.82. The van der Waals surface area contributed by atoms with Gasteiger partial charge in [0.1, 0.15) is 5.75 Å². The first-order chi connectivity index (χ1) is 14.1. The molecule has 0 atom stereocenters. The summed E-state index contributed by atoms with van der Waals surface area (Å²) in [6.45, 7) is 1.34. The van der Waals surface area contributed by atoms with E-state index < -0.39 is 5.97 Å². The zero-order chi connectivity index (χ0) is 20.2. The van der Waals surface area contributed by atoms with E-state index in [0.29, 0.717) is 28.0 Å². The number of ether oxygens (including phenoxy) is 1. The van der Waals surface area contributed by atoms with Crippen LogP contribution in [0.2, 0.25) is 0 Å². The molecule has 1 aromatic heterocycles. The number of nitrogens with zero attached hydrogens (tertiary/aromatic N) is 3. The van der Waals surface area contributed by atoms with E-state index in [9.17, 15) is 9.59 Å². The number of rotatable bonds is 4. The van der Waals surface area contributed by atoms with Crippen molar-refractivity contribution in [1.82, 2.24) is 9.66 Å². The van der Waals surface area contributed by atoms with E-state index in [-0.39, 0.29) is 5.56 Å². The fourth-order valence-corrected chi connectivity index (χ4v) is 2.95. The highest BCUT2D eigenvalue weighted by Crippen LogP contribution is 2.19. The van der Waals surface area contributed by atoms with Gasteiger partial charge >= 0.3 is 5.97 Å². The van der Waals surface area contributed by atoms with Gasteiger partial charge in [-0.05, 0) is 29.8 Å². The molecule has 0 aliphatic carbocycles. The number of hydrogen-bond donors (Lipinski definition) is 0. The van der Waals surface area contributed by atoms with Gasteiger partial charge in [0.2, 0.25) is 0 Å². The van der Waals surface area contributed by atoms with Gasteiger partial charge in [-0.3, -0.25) is 9.59 Å². The third-order valence-electron chi connectivity index (χ3n) is 4.23. The Morgan fingerprint density at radius 3 is 2.55 bits per heavy atom. The van der Waals surface area contributed by atoms with Gasteiger partial charge in [0.05, 0.1) is 17.1 Å². The van der Waals surface area contributed by atoms with Crippen molar-refractivity contribution >= 4 is 23.1 Å². The Kier molecular flexibility index (Phi) is 4.99. The smallest absolute Gasteiger partial charge is 0.308 e. The second-order valence-electron chi connectivity index (χ2n) is 6.35. The SMILES string of the molecule is CC(=O)Oc1cccc(C=Nn2c(-c3ccccc3)nc3ccccc3c2=O)c1. The van der Waals surface area contributed by atoms with Crippen molar-refractivity contribution in [1.29, 1.82) is 0 Å². The van der Waals surface area contributed by atoms with Crippen LogP contribution >= 0.6 is 0 Å². The first kappa shape index (κ1) is 18.3. The van der Waals surface area contributed by atoms with Crippen molar-refractivity contribution in [2.45, 2.75) is 6.92 Å². The van der Waals surface area contributed by atoms with Crippen LogP contribution in [0.5, 0.6) is 5.75 Å². The molecule has 1 heterocycles. The lowest BCUT2D eigenvalue weighted by atomic mass is 10.2. The third-order valence-corrected chi connectivity index (χ3v) is 4.23. The molecule has 0 aliphatic heterocycles. The zero-order valence-corrected chi connectivity index (χ0v) is 15.6. The maximum absolute atomic E-state index is 13.1. The number of fused-ring (bicyclic) bond motifs is 1. The molecule has 0 saturated carbocycles. The standard InChI is InChI=1S/C23H17N3O3/c1-16(27)29-19-11-7-8-17(14-19)15-24-26-22(18-9-3-2-4-10-18)25-21-13-6-5-12-20(21)23(26)28/h2-15H,1H3. The maximum atomic E-state index is 13.1. The molecule has 0 spiro atoms. The number of esters is 1. The molecule has 3 aromatic carbocycles. The van der Waals surface area contributed by atoms with Gasteiger partial charge in [-0.2, -0.15) is 9.78 Å². The second kappa shape index (κ2) is 7.90. The van der Waals surface area contributed by atoms with Crippen LogP contribution in [0.15, 0.2) is 88.8 Å². The zero-order valence-electron chi connectivity index (χ0n) is 15.6. The first-order valence-corrected chi connectivity index (χ1v) is 9.02. The molecule has 0 saturated heterocycles. The molecule has 0 aliphatic rings. The molecule has 0 N–H and O–H groups in total. The van der Waals surface area contributed by atoms with E-state index >= 15 is 0 Å². The Balaban J connectivity index is 1.84. The highest BCUT2D eigenvalue weighted by Gasteiger charge is 2.12. The summed E-state index contributed by atoms with van der Waals surface area (Å²) in [5.74, 6) is 0.454. The molecule has 0 amide bonds. The molecule has 4 rings (SSSR count). The maximum Gasteiger partial charge on any atom is 0.308 e. The predicted octanol–water partition coefficient (Wildman–Crippen LogP) is 3.87. The van der Waals surface area contributed by atoms with Gasteiger partial charge in [-0.25, -0.2) is 4.98 Å². The van der Waals surface area contributed by atoms with Crippen molar-refractivity contribution < 1.29 is 9.53 Å². The summed E-state index contributed by atoms with van der Waals surface area (Å²) in [6, 6.07) is 23.5. The van der Waals surface area contributed by atoms with Gasteiger partial charge in [0.15, 0.2) is 5.82 Å². The molecule has 4 aromatic rings. The third kappa shape index (κ3) is 3.96. The molecular weight excluding hydrogens is 366 g/mol. The summed E-state index contributed by atoms with van der Waals surface area (Å²) in [5.41, 5.74) is 1.81.